The number of piperidine rings is 1. The van der Waals surface area contributed by atoms with Gasteiger partial charge >= 0.3 is 0 Å². The zero-order valence-corrected chi connectivity index (χ0v) is 17.4. The molecule has 0 bridgehead atoms. The first kappa shape index (κ1) is 21.0. The highest BCUT2D eigenvalue weighted by molar-refractivity contribution is 7.86. The lowest BCUT2D eigenvalue weighted by molar-refractivity contribution is 0.146. The monoisotopic (exact) mass is 382 g/mol. The number of hydrogen-bond donors (Lipinski definition) is 2. The summed E-state index contributed by atoms with van der Waals surface area (Å²) in [5.41, 5.74) is 0. The van der Waals surface area contributed by atoms with Gasteiger partial charge in [0.2, 0.25) is 0 Å². The molecule has 0 aromatic carbocycles. The van der Waals surface area contributed by atoms with Gasteiger partial charge in [0.1, 0.15) is 5.76 Å². The molecule has 2 rings (SSSR count). The number of guanidine groups is 1. The van der Waals surface area contributed by atoms with Crippen molar-refractivity contribution in [2.45, 2.75) is 50.8 Å². The Balaban J connectivity index is 1.86. The van der Waals surface area contributed by atoms with Crippen LogP contribution in [0.15, 0.2) is 27.8 Å². The average molecular weight is 383 g/mol. The molecule has 0 amide bonds. The van der Waals surface area contributed by atoms with Crippen molar-refractivity contribution in [1.82, 2.24) is 15.5 Å². The van der Waals surface area contributed by atoms with Crippen molar-refractivity contribution in [3.05, 3.63) is 24.2 Å². The van der Waals surface area contributed by atoms with Gasteiger partial charge in [-0.1, -0.05) is 6.42 Å². The topological polar surface area (TPSA) is 69.9 Å². The maximum absolute atomic E-state index is 12.2. The minimum Gasteiger partial charge on any atom is -0.468 e. The molecule has 1 aromatic rings. The molecule has 1 aliphatic rings. The fourth-order valence-corrected chi connectivity index (χ4v) is 4.00. The number of hydrogen-bond acceptors (Lipinski definition) is 4. The van der Waals surface area contributed by atoms with Gasteiger partial charge in [-0.2, -0.15) is 0 Å². The standard InChI is InChI=1S/C19H34N4O2S/c1-19(2,3)26(24)14-10-21-18(20-4)22-15-16(17-9-8-13-25-17)23-11-6-5-7-12-23/h8-9,13,16H,5-7,10-12,14-15H2,1-4H3,(H2,20,21,22). The van der Waals surface area contributed by atoms with Gasteiger partial charge in [0.15, 0.2) is 5.96 Å². The highest BCUT2D eigenvalue weighted by atomic mass is 32.2. The van der Waals surface area contributed by atoms with Crippen LogP contribution in [0.1, 0.15) is 51.8 Å². The Morgan fingerprint density at radius 3 is 2.62 bits per heavy atom. The second-order valence-electron chi connectivity index (χ2n) is 7.67. The van der Waals surface area contributed by atoms with Crippen LogP contribution in [0.5, 0.6) is 0 Å². The third-order valence-corrected chi connectivity index (χ3v) is 6.59. The van der Waals surface area contributed by atoms with Crippen LogP contribution in [0.25, 0.3) is 0 Å². The van der Waals surface area contributed by atoms with Crippen LogP contribution >= 0.6 is 0 Å². The predicted octanol–water partition coefficient (Wildman–Crippen LogP) is 2.52. The third-order valence-electron chi connectivity index (χ3n) is 4.65. The number of furan rings is 1. The Bertz CT molecular complexity index is 575. The zero-order valence-electron chi connectivity index (χ0n) is 16.6. The van der Waals surface area contributed by atoms with Crippen LogP contribution in [-0.4, -0.2) is 58.8 Å². The number of rotatable bonds is 7. The van der Waals surface area contributed by atoms with Gasteiger partial charge in [-0.3, -0.25) is 14.1 Å². The maximum atomic E-state index is 12.2. The van der Waals surface area contributed by atoms with Crippen LogP contribution in [0, 0.1) is 0 Å². The van der Waals surface area contributed by atoms with Crippen LogP contribution in [-0.2, 0) is 10.8 Å². The highest BCUT2D eigenvalue weighted by Gasteiger charge is 2.24. The third kappa shape index (κ3) is 6.43. The second-order valence-corrected chi connectivity index (χ2v) is 9.99. The Morgan fingerprint density at radius 2 is 2.04 bits per heavy atom. The molecular formula is C19H34N4O2S. The van der Waals surface area contributed by atoms with Gasteiger partial charge in [-0.15, -0.1) is 0 Å². The number of nitrogens with one attached hydrogen (secondary N) is 2. The summed E-state index contributed by atoms with van der Waals surface area (Å²) in [6.45, 7) is 9.58. The normalized spacial score (nSPS) is 19.2. The smallest absolute Gasteiger partial charge is 0.191 e. The molecular weight excluding hydrogens is 348 g/mol. The fourth-order valence-electron chi connectivity index (χ4n) is 3.10. The van der Waals surface area contributed by atoms with Crippen LogP contribution in [0.2, 0.25) is 0 Å². The van der Waals surface area contributed by atoms with E-state index in [1.54, 1.807) is 13.3 Å². The molecule has 6 nitrogen and oxygen atoms in total. The maximum Gasteiger partial charge on any atom is 0.191 e. The van der Waals surface area contributed by atoms with Crippen molar-refractivity contribution < 1.29 is 8.63 Å². The molecule has 1 saturated heterocycles. The van der Waals surface area contributed by atoms with Crippen molar-refractivity contribution in [1.29, 1.82) is 0 Å². The Labute approximate surface area is 160 Å². The summed E-state index contributed by atoms with van der Waals surface area (Å²) in [6, 6.07) is 4.19. The van der Waals surface area contributed by atoms with E-state index in [9.17, 15) is 4.21 Å². The van der Waals surface area contributed by atoms with E-state index >= 15 is 0 Å². The molecule has 1 fully saturated rings. The van der Waals surface area contributed by atoms with E-state index < -0.39 is 10.8 Å². The average Bonchev–Trinajstić information content (AvgIpc) is 3.14. The van der Waals surface area contributed by atoms with Gasteiger partial charge in [0.25, 0.3) is 0 Å². The molecule has 2 atom stereocenters. The Kier molecular flexibility index (Phi) is 8.15. The van der Waals surface area contributed by atoms with E-state index in [0.29, 0.717) is 12.3 Å². The zero-order chi connectivity index (χ0) is 19.0. The summed E-state index contributed by atoms with van der Waals surface area (Å²) in [7, 11) is 0.898. The van der Waals surface area contributed by atoms with Crippen LogP contribution in [0.3, 0.4) is 0 Å². The molecule has 26 heavy (non-hydrogen) atoms. The molecule has 148 valence electrons. The SMILES string of the molecule is CN=C(NCCS(=O)C(C)(C)C)NCC(c1ccco1)N1CCCCC1. The summed E-state index contributed by atoms with van der Waals surface area (Å²) < 4.78 is 17.7. The lowest BCUT2D eigenvalue weighted by Crippen LogP contribution is -2.45. The quantitative estimate of drug-likeness (QED) is 0.560. The van der Waals surface area contributed by atoms with E-state index in [0.717, 1.165) is 31.4 Å². The molecule has 0 aliphatic carbocycles. The fraction of sp³-hybridized carbons (Fsp3) is 0.737. The predicted molar refractivity (Wildman–Crippen MR) is 109 cm³/mol. The summed E-state index contributed by atoms with van der Waals surface area (Å²) in [5.74, 6) is 2.34. The largest absolute Gasteiger partial charge is 0.468 e. The van der Waals surface area contributed by atoms with E-state index in [-0.39, 0.29) is 10.8 Å². The lowest BCUT2D eigenvalue weighted by atomic mass is 10.1. The van der Waals surface area contributed by atoms with Gasteiger partial charge in [-0.05, 0) is 58.8 Å². The van der Waals surface area contributed by atoms with Crippen LogP contribution < -0.4 is 10.6 Å². The molecule has 1 aromatic heterocycles. The van der Waals surface area contributed by atoms with Gasteiger partial charge < -0.3 is 15.1 Å². The first-order valence-corrected chi connectivity index (χ1v) is 10.8. The molecule has 2 unspecified atom stereocenters. The number of likely N-dealkylation sites (tertiary alicyclic amines) is 1. The summed E-state index contributed by atoms with van der Waals surface area (Å²) >= 11 is 0. The molecule has 7 heteroatoms. The molecule has 0 spiro atoms. The molecule has 0 saturated carbocycles. The van der Waals surface area contributed by atoms with Gasteiger partial charge in [-0.25, -0.2) is 0 Å². The Morgan fingerprint density at radius 1 is 1.31 bits per heavy atom. The first-order valence-electron chi connectivity index (χ1n) is 9.52. The van der Waals surface area contributed by atoms with E-state index in [1.807, 2.05) is 32.9 Å². The highest BCUT2D eigenvalue weighted by Crippen LogP contribution is 2.24. The minimum absolute atomic E-state index is 0.183. The summed E-state index contributed by atoms with van der Waals surface area (Å²) in [4.78, 5) is 6.78. The number of aliphatic imine (C=N–C) groups is 1. The first-order chi connectivity index (χ1) is 12.4. The van der Waals surface area contributed by atoms with Crippen molar-refractivity contribution >= 4 is 16.8 Å². The van der Waals surface area contributed by atoms with Gasteiger partial charge in [0.05, 0.1) is 12.3 Å². The van der Waals surface area contributed by atoms with Gasteiger partial charge in [0, 0.05) is 41.4 Å². The van der Waals surface area contributed by atoms with Crippen molar-refractivity contribution in [2.75, 3.05) is 39.0 Å². The molecule has 2 N–H and O–H groups in total. The second kappa shape index (κ2) is 10.1. The van der Waals surface area contributed by atoms with E-state index in [1.165, 1.54) is 19.3 Å². The van der Waals surface area contributed by atoms with E-state index in [4.69, 9.17) is 4.42 Å². The molecule has 1 aliphatic heterocycles. The lowest BCUT2D eigenvalue weighted by Gasteiger charge is -2.33. The van der Waals surface area contributed by atoms with Crippen molar-refractivity contribution in [3.8, 4) is 0 Å². The van der Waals surface area contributed by atoms with Crippen molar-refractivity contribution in [3.63, 3.8) is 0 Å². The van der Waals surface area contributed by atoms with E-state index in [2.05, 4.69) is 20.5 Å². The van der Waals surface area contributed by atoms with Crippen LogP contribution in [0.4, 0.5) is 0 Å². The molecule has 0 radical (unpaired) electrons. The minimum atomic E-state index is -0.865. The van der Waals surface area contributed by atoms with Crippen molar-refractivity contribution in [2.24, 2.45) is 4.99 Å². The summed E-state index contributed by atoms with van der Waals surface area (Å²) in [5, 5.41) is 6.68. The Hall–Kier alpha value is -1.34. The summed E-state index contributed by atoms with van der Waals surface area (Å²) in [6.07, 6.45) is 5.52. The number of nitrogens with zero attached hydrogens (tertiary/aromatic N) is 2. The molecule has 2 heterocycles.